The molecule has 0 saturated carbocycles. The lowest BCUT2D eigenvalue weighted by Gasteiger charge is -2.16. The second-order valence-electron chi connectivity index (χ2n) is 5.82. The van der Waals surface area contributed by atoms with Crippen molar-refractivity contribution in [2.75, 3.05) is 19.7 Å². The quantitative estimate of drug-likeness (QED) is 0.919. The standard InChI is InChI=1S/C18H20N2O3/c21-17-16(7-4-9-19-17)18(22)20-10-8-15(11-20)13-23-12-14-5-2-1-3-6-14/h1-7,9,15H,8,10-13H2,(H,19,21)/t15-/m1/s1. The van der Waals surface area contributed by atoms with Gasteiger partial charge in [-0.3, -0.25) is 9.59 Å². The summed E-state index contributed by atoms with van der Waals surface area (Å²) in [6, 6.07) is 13.3. The zero-order chi connectivity index (χ0) is 16.1. The third-order valence-electron chi connectivity index (χ3n) is 4.09. The van der Waals surface area contributed by atoms with E-state index in [9.17, 15) is 9.59 Å². The molecule has 1 aliphatic heterocycles. The lowest BCUT2D eigenvalue weighted by Crippen LogP contribution is -2.33. The van der Waals surface area contributed by atoms with Crippen LogP contribution in [0.1, 0.15) is 22.3 Å². The van der Waals surface area contributed by atoms with Gasteiger partial charge in [0.1, 0.15) is 5.56 Å². The molecule has 0 aliphatic carbocycles. The molecule has 1 saturated heterocycles. The van der Waals surface area contributed by atoms with Crippen LogP contribution < -0.4 is 5.56 Å². The fourth-order valence-electron chi connectivity index (χ4n) is 2.83. The van der Waals surface area contributed by atoms with E-state index in [1.54, 1.807) is 17.0 Å². The Hall–Kier alpha value is -2.40. The number of H-pyrrole nitrogens is 1. The van der Waals surface area contributed by atoms with Gasteiger partial charge in [0.2, 0.25) is 0 Å². The summed E-state index contributed by atoms with van der Waals surface area (Å²) in [4.78, 5) is 28.4. The Labute approximate surface area is 134 Å². The van der Waals surface area contributed by atoms with E-state index in [2.05, 4.69) is 4.98 Å². The lowest BCUT2D eigenvalue weighted by molar-refractivity contribution is 0.0731. The maximum atomic E-state index is 12.4. The van der Waals surface area contributed by atoms with Gasteiger partial charge in [-0.05, 0) is 24.1 Å². The molecule has 5 heteroatoms. The molecule has 0 bridgehead atoms. The Bertz CT molecular complexity index is 711. The van der Waals surface area contributed by atoms with E-state index in [1.165, 1.54) is 6.20 Å². The van der Waals surface area contributed by atoms with Gasteiger partial charge in [0, 0.05) is 25.2 Å². The van der Waals surface area contributed by atoms with E-state index in [1.807, 2.05) is 30.3 Å². The maximum absolute atomic E-state index is 12.4. The van der Waals surface area contributed by atoms with Crippen molar-refractivity contribution in [1.29, 1.82) is 0 Å². The average molecular weight is 312 g/mol. The number of amides is 1. The normalized spacial score (nSPS) is 17.4. The number of pyridine rings is 1. The van der Waals surface area contributed by atoms with E-state index < -0.39 is 0 Å². The second-order valence-corrected chi connectivity index (χ2v) is 5.82. The van der Waals surface area contributed by atoms with Gasteiger partial charge in [0.25, 0.3) is 11.5 Å². The van der Waals surface area contributed by atoms with Crippen molar-refractivity contribution in [3.8, 4) is 0 Å². The van der Waals surface area contributed by atoms with Crippen LogP contribution >= 0.6 is 0 Å². The van der Waals surface area contributed by atoms with E-state index in [0.29, 0.717) is 32.2 Å². The molecule has 1 aromatic carbocycles. The molecule has 23 heavy (non-hydrogen) atoms. The number of nitrogens with zero attached hydrogens (tertiary/aromatic N) is 1. The molecule has 1 fully saturated rings. The first kappa shape index (κ1) is 15.5. The first-order chi connectivity index (χ1) is 11.2. The SMILES string of the molecule is O=C(c1ccc[nH]c1=O)N1CC[C@@H](COCc2ccccc2)C1. The predicted octanol–water partition coefficient (Wildman–Crippen LogP) is 2.05. The first-order valence-electron chi connectivity index (χ1n) is 7.82. The van der Waals surface area contributed by atoms with Gasteiger partial charge in [0.05, 0.1) is 13.2 Å². The molecule has 1 atom stereocenters. The Morgan fingerprint density at radius 1 is 1.22 bits per heavy atom. The number of carbonyl (C=O) groups excluding carboxylic acids is 1. The Kier molecular flexibility index (Phi) is 4.88. The van der Waals surface area contributed by atoms with Gasteiger partial charge in [-0.25, -0.2) is 0 Å². The van der Waals surface area contributed by atoms with E-state index in [0.717, 1.165) is 12.0 Å². The largest absolute Gasteiger partial charge is 0.376 e. The summed E-state index contributed by atoms with van der Waals surface area (Å²) in [5, 5.41) is 0. The number of hydrogen-bond acceptors (Lipinski definition) is 3. The average Bonchev–Trinajstić information content (AvgIpc) is 3.05. The molecule has 5 nitrogen and oxygen atoms in total. The van der Waals surface area contributed by atoms with Crippen molar-refractivity contribution in [1.82, 2.24) is 9.88 Å². The van der Waals surface area contributed by atoms with Crippen LogP contribution in [-0.2, 0) is 11.3 Å². The zero-order valence-corrected chi connectivity index (χ0v) is 12.9. The number of nitrogens with one attached hydrogen (secondary N) is 1. The molecule has 0 unspecified atom stereocenters. The predicted molar refractivity (Wildman–Crippen MR) is 87.2 cm³/mol. The van der Waals surface area contributed by atoms with Gasteiger partial charge < -0.3 is 14.6 Å². The molecule has 1 N–H and O–H groups in total. The smallest absolute Gasteiger partial charge is 0.260 e. The van der Waals surface area contributed by atoms with Crippen LogP contribution in [0, 0.1) is 5.92 Å². The molecule has 1 aromatic heterocycles. The minimum absolute atomic E-state index is 0.197. The molecule has 1 aliphatic rings. The van der Waals surface area contributed by atoms with Crippen molar-refractivity contribution in [2.45, 2.75) is 13.0 Å². The van der Waals surface area contributed by atoms with Crippen LogP contribution in [0.4, 0.5) is 0 Å². The van der Waals surface area contributed by atoms with Crippen molar-refractivity contribution in [2.24, 2.45) is 5.92 Å². The van der Waals surface area contributed by atoms with Crippen LogP contribution in [0.2, 0.25) is 0 Å². The highest BCUT2D eigenvalue weighted by molar-refractivity contribution is 5.93. The van der Waals surface area contributed by atoms with Crippen LogP contribution in [0.5, 0.6) is 0 Å². The highest BCUT2D eigenvalue weighted by Crippen LogP contribution is 2.18. The second kappa shape index (κ2) is 7.24. The number of ether oxygens (including phenoxy) is 1. The summed E-state index contributed by atoms with van der Waals surface area (Å²) < 4.78 is 5.76. The van der Waals surface area contributed by atoms with Crippen molar-refractivity contribution >= 4 is 5.91 Å². The van der Waals surface area contributed by atoms with E-state index in [4.69, 9.17) is 4.74 Å². The number of rotatable bonds is 5. The van der Waals surface area contributed by atoms with Crippen molar-refractivity contribution < 1.29 is 9.53 Å². The summed E-state index contributed by atoms with van der Waals surface area (Å²) in [6.07, 6.45) is 2.44. The molecule has 0 spiro atoms. The third kappa shape index (κ3) is 3.87. The summed E-state index contributed by atoms with van der Waals surface area (Å²) in [6.45, 7) is 2.53. The summed E-state index contributed by atoms with van der Waals surface area (Å²) in [7, 11) is 0. The number of carbonyl (C=O) groups is 1. The molecular formula is C18H20N2O3. The van der Waals surface area contributed by atoms with Crippen molar-refractivity contribution in [3.63, 3.8) is 0 Å². The van der Waals surface area contributed by atoms with Crippen LogP contribution in [-0.4, -0.2) is 35.5 Å². The summed E-state index contributed by atoms with van der Waals surface area (Å²) in [5.74, 6) is 0.128. The monoisotopic (exact) mass is 312 g/mol. The Morgan fingerprint density at radius 2 is 2.04 bits per heavy atom. The minimum atomic E-state index is -0.332. The number of aromatic nitrogens is 1. The van der Waals surface area contributed by atoms with Crippen LogP contribution in [0.3, 0.4) is 0 Å². The number of aromatic amines is 1. The molecule has 1 amide bonds. The highest BCUT2D eigenvalue weighted by Gasteiger charge is 2.28. The molecular weight excluding hydrogens is 292 g/mol. The molecule has 3 rings (SSSR count). The third-order valence-corrected chi connectivity index (χ3v) is 4.09. The summed E-state index contributed by atoms with van der Waals surface area (Å²) >= 11 is 0. The molecule has 2 heterocycles. The van der Waals surface area contributed by atoms with Gasteiger partial charge >= 0.3 is 0 Å². The number of hydrogen-bond donors (Lipinski definition) is 1. The van der Waals surface area contributed by atoms with Gasteiger partial charge in [-0.15, -0.1) is 0 Å². The Morgan fingerprint density at radius 3 is 2.83 bits per heavy atom. The fraction of sp³-hybridized carbons (Fsp3) is 0.333. The molecule has 2 aromatic rings. The maximum Gasteiger partial charge on any atom is 0.260 e. The topological polar surface area (TPSA) is 62.4 Å². The first-order valence-corrected chi connectivity index (χ1v) is 7.82. The highest BCUT2D eigenvalue weighted by atomic mass is 16.5. The lowest BCUT2D eigenvalue weighted by atomic mass is 10.1. The van der Waals surface area contributed by atoms with Crippen LogP contribution in [0.15, 0.2) is 53.5 Å². The summed E-state index contributed by atoms with van der Waals surface area (Å²) in [5.41, 5.74) is 1.02. The fourth-order valence-corrected chi connectivity index (χ4v) is 2.83. The van der Waals surface area contributed by atoms with Crippen molar-refractivity contribution in [3.05, 3.63) is 70.1 Å². The number of likely N-dealkylation sites (tertiary alicyclic amines) is 1. The number of benzene rings is 1. The van der Waals surface area contributed by atoms with Gasteiger partial charge in [0.15, 0.2) is 0 Å². The van der Waals surface area contributed by atoms with Gasteiger partial charge in [-0.1, -0.05) is 30.3 Å². The minimum Gasteiger partial charge on any atom is -0.376 e. The molecule has 0 radical (unpaired) electrons. The molecule has 120 valence electrons. The zero-order valence-electron chi connectivity index (χ0n) is 12.9. The van der Waals surface area contributed by atoms with Crippen LogP contribution in [0.25, 0.3) is 0 Å². The van der Waals surface area contributed by atoms with E-state index >= 15 is 0 Å². The van der Waals surface area contributed by atoms with Gasteiger partial charge in [-0.2, -0.15) is 0 Å². The van der Waals surface area contributed by atoms with E-state index in [-0.39, 0.29) is 17.0 Å². The Balaban J connectivity index is 1.50.